The fourth-order valence-electron chi connectivity index (χ4n) is 2.99. The predicted octanol–water partition coefficient (Wildman–Crippen LogP) is 2.97. The Kier molecular flexibility index (Phi) is 5.82. The maximum Gasteiger partial charge on any atom is 0.277 e. The number of hydrogen-bond acceptors (Lipinski definition) is 7. The lowest BCUT2D eigenvalue weighted by molar-refractivity contribution is 0.0993. The molecule has 1 aliphatic heterocycles. The van der Waals surface area contributed by atoms with Crippen LogP contribution in [0.15, 0.2) is 33.9 Å². The van der Waals surface area contributed by atoms with Gasteiger partial charge in [-0.2, -0.15) is 0 Å². The lowest BCUT2D eigenvalue weighted by Crippen LogP contribution is -2.13. The normalized spacial score (nSPS) is 20.2. The number of rotatable bonds is 7. The quantitative estimate of drug-likeness (QED) is 0.527. The molecule has 0 spiro atoms. The molecular formula is C18H22N2O4S2. The fourth-order valence-corrected chi connectivity index (χ4v) is 5.63. The molecule has 1 saturated heterocycles. The highest BCUT2D eigenvalue weighted by Gasteiger charge is 2.29. The number of thioether (sulfide) groups is 1. The number of aromatic nitrogens is 2. The molecular weight excluding hydrogens is 372 g/mol. The van der Waals surface area contributed by atoms with E-state index in [2.05, 4.69) is 17.1 Å². The summed E-state index contributed by atoms with van der Waals surface area (Å²) in [5, 5.41) is 7.97. The number of aryl methyl sites for hydroxylation is 1. The molecule has 140 valence electrons. The molecule has 1 aromatic heterocycles. The van der Waals surface area contributed by atoms with Gasteiger partial charge in [0, 0.05) is 12.0 Å². The second kappa shape index (κ2) is 7.92. The molecule has 1 aromatic carbocycles. The van der Waals surface area contributed by atoms with Crippen molar-refractivity contribution in [3.05, 3.63) is 41.3 Å². The topological polar surface area (TPSA) is 90.1 Å². The Hall–Kier alpha value is -1.67. The monoisotopic (exact) mass is 394 g/mol. The number of Topliss-reactive ketones (excluding diaryl/α,β-unsaturated/α-hetero) is 1. The first-order valence-electron chi connectivity index (χ1n) is 8.69. The number of carbonyl (C=O) groups excluding carboxylic acids is 1. The number of nitrogens with zero attached hydrogens (tertiary/aromatic N) is 2. The van der Waals surface area contributed by atoms with Gasteiger partial charge in [-0.1, -0.05) is 43.0 Å². The summed E-state index contributed by atoms with van der Waals surface area (Å²) in [6.45, 7) is 3.89. The van der Waals surface area contributed by atoms with Gasteiger partial charge in [0.2, 0.25) is 5.89 Å². The number of benzene rings is 1. The third-order valence-electron chi connectivity index (χ3n) is 4.53. The predicted molar refractivity (Wildman–Crippen MR) is 100 cm³/mol. The molecule has 2 heterocycles. The highest BCUT2D eigenvalue weighted by atomic mass is 32.2. The van der Waals surface area contributed by atoms with Crippen LogP contribution in [0.1, 0.15) is 42.1 Å². The van der Waals surface area contributed by atoms with E-state index in [1.807, 2.05) is 31.2 Å². The first-order chi connectivity index (χ1) is 12.4. The number of carbonyl (C=O) groups is 1. The second-order valence-corrected chi connectivity index (χ2v) is 10.1. The van der Waals surface area contributed by atoms with E-state index < -0.39 is 9.84 Å². The summed E-state index contributed by atoms with van der Waals surface area (Å²) < 4.78 is 28.6. The summed E-state index contributed by atoms with van der Waals surface area (Å²) in [7, 11) is -2.91. The highest BCUT2D eigenvalue weighted by Crippen LogP contribution is 2.27. The maximum absolute atomic E-state index is 12.5. The minimum absolute atomic E-state index is 0.0132. The second-order valence-electron chi connectivity index (χ2n) is 6.61. The molecule has 0 unspecified atom stereocenters. The molecule has 0 N–H and O–H groups in total. The molecule has 0 aliphatic carbocycles. The van der Waals surface area contributed by atoms with Gasteiger partial charge in [-0.05, 0) is 31.2 Å². The van der Waals surface area contributed by atoms with Gasteiger partial charge in [0.15, 0.2) is 15.6 Å². The average Bonchev–Trinajstić information content (AvgIpc) is 3.20. The fraction of sp³-hybridized carbons (Fsp3) is 0.500. The molecule has 1 aliphatic rings. The summed E-state index contributed by atoms with van der Waals surface area (Å²) in [5.41, 5.74) is 1.86. The van der Waals surface area contributed by atoms with E-state index in [9.17, 15) is 13.2 Å². The molecule has 0 saturated carbocycles. The van der Waals surface area contributed by atoms with E-state index in [-0.39, 0.29) is 28.5 Å². The van der Waals surface area contributed by atoms with Gasteiger partial charge in [-0.3, -0.25) is 4.79 Å². The third kappa shape index (κ3) is 4.73. The highest BCUT2D eigenvalue weighted by molar-refractivity contribution is 8.00. The summed E-state index contributed by atoms with van der Waals surface area (Å²) in [5.74, 6) is 0.895. The zero-order valence-electron chi connectivity index (χ0n) is 14.8. The molecule has 2 atom stereocenters. The Labute approximate surface area is 157 Å². The van der Waals surface area contributed by atoms with E-state index in [1.165, 1.54) is 17.3 Å². The molecule has 26 heavy (non-hydrogen) atoms. The Balaban J connectivity index is 1.58. The summed E-state index contributed by atoms with van der Waals surface area (Å²) >= 11 is 1.23. The minimum atomic E-state index is -2.91. The van der Waals surface area contributed by atoms with Crippen molar-refractivity contribution in [3.8, 4) is 0 Å². The van der Waals surface area contributed by atoms with Crippen molar-refractivity contribution in [2.75, 3.05) is 11.5 Å². The molecule has 1 fully saturated rings. The number of ketones is 1. The van der Waals surface area contributed by atoms with Crippen molar-refractivity contribution in [1.29, 1.82) is 0 Å². The molecule has 3 rings (SSSR count). The molecule has 2 aromatic rings. The standard InChI is InChI=1S/C18H22N2O4S2/c1-3-13-4-6-15(7-5-13)17(21)12(2)25-18-20-19-16(24-18)10-14-8-9-26(22,23)11-14/h4-7,12,14H,3,8-11H2,1-2H3/t12-,14-/m1/s1. The van der Waals surface area contributed by atoms with Crippen LogP contribution >= 0.6 is 11.8 Å². The molecule has 6 nitrogen and oxygen atoms in total. The Bertz CT molecular complexity index is 875. The summed E-state index contributed by atoms with van der Waals surface area (Å²) in [6.07, 6.45) is 2.04. The van der Waals surface area contributed by atoms with Gasteiger partial charge in [-0.25, -0.2) is 8.42 Å². The zero-order chi connectivity index (χ0) is 18.7. The Morgan fingerprint density at radius 1 is 1.31 bits per heavy atom. The van der Waals surface area contributed by atoms with Gasteiger partial charge in [0.25, 0.3) is 5.22 Å². The van der Waals surface area contributed by atoms with Crippen molar-refractivity contribution in [3.63, 3.8) is 0 Å². The van der Waals surface area contributed by atoms with Crippen LogP contribution < -0.4 is 0 Å². The van der Waals surface area contributed by atoms with Crippen LogP contribution in [-0.4, -0.2) is 41.2 Å². The lowest BCUT2D eigenvalue weighted by atomic mass is 10.1. The molecule has 0 bridgehead atoms. The van der Waals surface area contributed by atoms with Crippen LogP contribution in [0.4, 0.5) is 0 Å². The van der Waals surface area contributed by atoms with E-state index >= 15 is 0 Å². The van der Waals surface area contributed by atoms with Crippen molar-refractivity contribution in [1.82, 2.24) is 10.2 Å². The third-order valence-corrected chi connectivity index (χ3v) is 7.30. The Morgan fingerprint density at radius 2 is 2.04 bits per heavy atom. The molecule has 0 amide bonds. The van der Waals surface area contributed by atoms with Crippen molar-refractivity contribution >= 4 is 27.4 Å². The SMILES string of the molecule is CCc1ccc(C(=O)[C@@H](C)Sc2nnc(C[C@H]3CCS(=O)(=O)C3)o2)cc1. The van der Waals surface area contributed by atoms with E-state index in [1.54, 1.807) is 0 Å². The van der Waals surface area contributed by atoms with E-state index in [0.29, 0.717) is 29.5 Å². The number of sulfone groups is 1. The van der Waals surface area contributed by atoms with Crippen LogP contribution in [-0.2, 0) is 22.7 Å². The van der Waals surface area contributed by atoms with Gasteiger partial charge < -0.3 is 4.42 Å². The summed E-state index contributed by atoms with van der Waals surface area (Å²) in [6, 6.07) is 7.62. The van der Waals surface area contributed by atoms with Gasteiger partial charge in [-0.15, -0.1) is 10.2 Å². The summed E-state index contributed by atoms with van der Waals surface area (Å²) in [4.78, 5) is 12.5. The van der Waals surface area contributed by atoms with Crippen LogP contribution in [0.2, 0.25) is 0 Å². The smallest absolute Gasteiger partial charge is 0.277 e. The average molecular weight is 395 g/mol. The molecule has 0 radical (unpaired) electrons. The van der Waals surface area contributed by atoms with Crippen LogP contribution in [0.3, 0.4) is 0 Å². The van der Waals surface area contributed by atoms with E-state index in [0.717, 1.165) is 6.42 Å². The van der Waals surface area contributed by atoms with Crippen LogP contribution in [0, 0.1) is 5.92 Å². The lowest BCUT2D eigenvalue weighted by Gasteiger charge is -2.08. The van der Waals surface area contributed by atoms with Crippen LogP contribution in [0.5, 0.6) is 0 Å². The first kappa shape index (κ1) is 19.1. The maximum atomic E-state index is 12.5. The Morgan fingerprint density at radius 3 is 2.65 bits per heavy atom. The molecule has 8 heteroatoms. The van der Waals surface area contributed by atoms with Gasteiger partial charge >= 0.3 is 0 Å². The minimum Gasteiger partial charge on any atom is -0.416 e. The van der Waals surface area contributed by atoms with E-state index in [4.69, 9.17) is 4.42 Å². The largest absolute Gasteiger partial charge is 0.416 e. The first-order valence-corrected chi connectivity index (χ1v) is 11.4. The van der Waals surface area contributed by atoms with Crippen molar-refractivity contribution in [2.45, 2.75) is 43.6 Å². The van der Waals surface area contributed by atoms with Crippen molar-refractivity contribution in [2.24, 2.45) is 5.92 Å². The van der Waals surface area contributed by atoms with Crippen molar-refractivity contribution < 1.29 is 17.6 Å². The van der Waals surface area contributed by atoms with Gasteiger partial charge in [0.05, 0.1) is 16.8 Å². The van der Waals surface area contributed by atoms with Gasteiger partial charge in [0.1, 0.15) is 0 Å². The van der Waals surface area contributed by atoms with Crippen LogP contribution in [0.25, 0.3) is 0 Å². The number of hydrogen-bond donors (Lipinski definition) is 0. The zero-order valence-corrected chi connectivity index (χ0v) is 16.5.